The summed E-state index contributed by atoms with van der Waals surface area (Å²) < 4.78 is 38.5. The maximum absolute atomic E-state index is 13.4. The number of hydrogen-bond acceptors (Lipinski definition) is 10. The van der Waals surface area contributed by atoms with Gasteiger partial charge in [-0.1, -0.05) is 0 Å². The van der Waals surface area contributed by atoms with E-state index in [1.54, 1.807) is 6.07 Å². The average Bonchev–Trinajstić information content (AvgIpc) is 3.71. The fraction of sp³-hybridized carbons (Fsp3) is 0.308. The Labute approximate surface area is 234 Å². The first-order chi connectivity index (χ1) is 18.5. The minimum Gasteiger partial charge on any atom is -0.294 e. The Kier molecular flexibility index (Phi) is 5.52. The molecule has 13 heteroatoms. The lowest BCUT2D eigenvalue weighted by atomic mass is 9.70. The highest BCUT2D eigenvalue weighted by Crippen LogP contribution is 2.59. The van der Waals surface area contributed by atoms with Gasteiger partial charge < -0.3 is 0 Å². The number of alkyl halides is 3. The first-order valence-electron chi connectivity index (χ1n) is 11.9. The highest BCUT2D eigenvalue weighted by atomic mass is 32.1. The van der Waals surface area contributed by atoms with Crippen LogP contribution in [0.15, 0.2) is 24.3 Å². The van der Waals surface area contributed by atoms with Gasteiger partial charge in [-0.15, -0.1) is 45.3 Å². The first-order valence-corrected chi connectivity index (χ1v) is 15.2. The summed E-state index contributed by atoms with van der Waals surface area (Å²) in [6, 6.07) is 6.15. The smallest absolute Gasteiger partial charge is 0.294 e. The summed E-state index contributed by atoms with van der Waals surface area (Å²) in [5.41, 5.74) is 0.788. The number of thiophene rings is 2. The van der Waals surface area contributed by atoms with Gasteiger partial charge in [0, 0.05) is 33.4 Å². The first kappa shape index (κ1) is 25.1. The number of carbonyl (C=O) groups is 4. The van der Waals surface area contributed by atoms with E-state index >= 15 is 0 Å². The van der Waals surface area contributed by atoms with Crippen molar-refractivity contribution < 1.29 is 32.3 Å². The van der Waals surface area contributed by atoms with Crippen LogP contribution in [0.5, 0.6) is 0 Å². The zero-order valence-electron chi connectivity index (χ0n) is 19.8. The Bertz CT molecular complexity index is 1740. The van der Waals surface area contributed by atoms with Crippen LogP contribution in [0.25, 0.3) is 19.8 Å². The minimum absolute atomic E-state index is 0.0249. The number of carbonyl (C=O) groups excluding carboxylic acids is 4. The fourth-order valence-electron chi connectivity index (χ4n) is 5.80. The Balaban J connectivity index is 1.16. The third kappa shape index (κ3) is 3.77. The zero-order valence-corrected chi connectivity index (χ0v) is 23.1. The van der Waals surface area contributed by atoms with Gasteiger partial charge in [-0.25, -0.2) is 9.97 Å². The molecule has 3 aliphatic carbocycles. The summed E-state index contributed by atoms with van der Waals surface area (Å²) in [6.45, 7) is 1.51. The van der Waals surface area contributed by atoms with Gasteiger partial charge in [0.25, 0.3) is 5.78 Å². The number of ketones is 4. The van der Waals surface area contributed by atoms with E-state index in [4.69, 9.17) is 0 Å². The number of hydrogen-bond donors (Lipinski definition) is 0. The van der Waals surface area contributed by atoms with Crippen molar-refractivity contribution >= 4 is 68.5 Å². The molecule has 4 aromatic rings. The maximum Gasteiger partial charge on any atom is 0.455 e. The second kappa shape index (κ2) is 8.56. The van der Waals surface area contributed by atoms with Gasteiger partial charge in [0.15, 0.2) is 17.3 Å². The summed E-state index contributed by atoms with van der Waals surface area (Å²) in [7, 11) is 0. The molecule has 4 atom stereocenters. The molecule has 198 valence electrons. The molecule has 0 N–H and O–H groups in total. The van der Waals surface area contributed by atoms with Crippen molar-refractivity contribution in [1.29, 1.82) is 0 Å². The van der Waals surface area contributed by atoms with Crippen molar-refractivity contribution in [1.82, 2.24) is 9.97 Å². The Hall–Kier alpha value is -2.87. The predicted molar refractivity (Wildman–Crippen MR) is 142 cm³/mol. The Morgan fingerprint density at radius 2 is 1.21 bits per heavy atom. The van der Waals surface area contributed by atoms with Crippen molar-refractivity contribution in [3.63, 3.8) is 0 Å². The SMILES string of the molecule is CC(=O)c1ccc(-c2nc3c(s2)C2CC4C(=O)c5nc(-c6ccc(C(=O)C(F)(F)F)s6)sc5C4CC2C3=O)s1. The van der Waals surface area contributed by atoms with Gasteiger partial charge in [-0.05, 0) is 44.0 Å². The molecule has 0 aromatic carbocycles. The number of halogens is 3. The van der Waals surface area contributed by atoms with Gasteiger partial charge in [0.2, 0.25) is 0 Å². The van der Waals surface area contributed by atoms with E-state index in [2.05, 4.69) is 9.97 Å². The lowest BCUT2D eigenvalue weighted by molar-refractivity contribution is -0.0882. The Morgan fingerprint density at radius 3 is 1.64 bits per heavy atom. The number of nitrogens with zero attached hydrogens (tertiary/aromatic N) is 2. The highest BCUT2D eigenvalue weighted by molar-refractivity contribution is 7.23. The lowest BCUT2D eigenvalue weighted by Crippen LogP contribution is -2.29. The second-order valence-electron chi connectivity index (χ2n) is 9.80. The van der Waals surface area contributed by atoms with Crippen LogP contribution in [0.2, 0.25) is 0 Å². The van der Waals surface area contributed by atoms with Gasteiger partial charge in [-0.3, -0.25) is 19.2 Å². The van der Waals surface area contributed by atoms with Gasteiger partial charge in [0.05, 0.1) is 19.5 Å². The van der Waals surface area contributed by atoms with E-state index in [1.165, 1.54) is 47.0 Å². The van der Waals surface area contributed by atoms with Gasteiger partial charge >= 0.3 is 6.18 Å². The molecule has 0 spiro atoms. The average molecular weight is 605 g/mol. The zero-order chi connectivity index (χ0) is 27.4. The van der Waals surface area contributed by atoms with Crippen molar-refractivity contribution in [2.45, 2.75) is 37.8 Å². The third-order valence-corrected chi connectivity index (χ3v) is 12.6. The largest absolute Gasteiger partial charge is 0.455 e. The molecular formula is C26H15F3N2O4S4. The van der Waals surface area contributed by atoms with Crippen LogP contribution in [0.3, 0.4) is 0 Å². The molecular weight excluding hydrogens is 590 g/mol. The minimum atomic E-state index is -4.96. The van der Waals surface area contributed by atoms with Crippen LogP contribution in [0, 0.1) is 11.8 Å². The number of fused-ring (bicyclic) bond motifs is 6. The van der Waals surface area contributed by atoms with Crippen LogP contribution < -0.4 is 0 Å². The lowest BCUT2D eigenvalue weighted by Gasteiger charge is -2.33. The van der Waals surface area contributed by atoms with E-state index in [0.717, 1.165) is 20.7 Å². The van der Waals surface area contributed by atoms with E-state index in [0.29, 0.717) is 55.3 Å². The van der Waals surface area contributed by atoms with Crippen LogP contribution in [-0.4, -0.2) is 39.3 Å². The predicted octanol–water partition coefficient (Wildman–Crippen LogP) is 7.29. The second-order valence-corrected chi connectivity index (χ2v) is 14.0. The molecule has 1 fully saturated rings. The topological polar surface area (TPSA) is 94.1 Å². The molecule has 0 amide bonds. The number of rotatable bonds is 4. The molecule has 4 heterocycles. The van der Waals surface area contributed by atoms with Gasteiger partial charge in [0.1, 0.15) is 21.4 Å². The molecule has 3 aliphatic rings. The normalized spacial score (nSPS) is 23.5. The van der Waals surface area contributed by atoms with E-state index in [1.807, 2.05) is 6.07 Å². The summed E-state index contributed by atoms with van der Waals surface area (Å²) in [6.07, 6.45) is -3.96. The highest BCUT2D eigenvalue weighted by Gasteiger charge is 2.55. The molecule has 4 unspecified atom stereocenters. The Morgan fingerprint density at radius 1 is 0.744 bits per heavy atom. The molecule has 39 heavy (non-hydrogen) atoms. The molecule has 0 saturated heterocycles. The molecule has 1 saturated carbocycles. The van der Waals surface area contributed by atoms with Gasteiger partial charge in [-0.2, -0.15) is 13.2 Å². The monoisotopic (exact) mass is 604 g/mol. The van der Waals surface area contributed by atoms with Crippen LogP contribution >= 0.6 is 45.3 Å². The van der Waals surface area contributed by atoms with E-state index < -0.39 is 16.8 Å². The van der Waals surface area contributed by atoms with Crippen molar-refractivity contribution in [2.75, 3.05) is 0 Å². The van der Waals surface area contributed by atoms with E-state index in [9.17, 15) is 32.3 Å². The van der Waals surface area contributed by atoms with E-state index in [-0.39, 0.29) is 41.0 Å². The molecule has 7 rings (SSSR count). The van der Waals surface area contributed by atoms with Crippen LogP contribution in [0.1, 0.15) is 81.7 Å². The maximum atomic E-state index is 13.4. The molecule has 6 nitrogen and oxygen atoms in total. The molecule has 0 radical (unpaired) electrons. The summed E-state index contributed by atoms with van der Waals surface area (Å²) in [4.78, 5) is 62.3. The number of Topliss-reactive ketones (excluding diaryl/α,β-unsaturated/α-hetero) is 4. The molecule has 0 bridgehead atoms. The quantitative estimate of drug-likeness (QED) is 0.227. The van der Waals surface area contributed by atoms with Crippen molar-refractivity contribution in [2.24, 2.45) is 11.8 Å². The third-order valence-electron chi connectivity index (χ3n) is 7.57. The summed E-state index contributed by atoms with van der Waals surface area (Å²) in [5, 5.41) is 1.11. The van der Waals surface area contributed by atoms with Crippen LogP contribution in [-0.2, 0) is 0 Å². The number of aromatic nitrogens is 2. The molecule has 4 aromatic heterocycles. The standard InChI is InChI=1S/C26H15F3N2O4S4/c1-8(32)13-2-4-15(36-13)24-30-17-19(33)9-7-12-10(6-11(9)21(17)38-24)20(34)18-22(12)39-25(31-18)16-5-3-14(37-16)23(35)26(27,28)29/h2-5,9-12H,6-7H2,1H3. The van der Waals surface area contributed by atoms with Crippen molar-refractivity contribution in [3.05, 3.63) is 55.2 Å². The summed E-state index contributed by atoms with van der Waals surface area (Å²) in [5.74, 6) is -2.93. The van der Waals surface area contributed by atoms with Crippen molar-refractivity contribution in [3.8, 4) is 19.8 Å². The fourth-order valence-corrected chi connectivity index (χ4v) is 10.3. The number of thiazole rings is 2. The summed E-state index contributed by atoms with van der Waals surface area (Å²) >= 11 is 4.77. The van der Waals surface area contributed by atoms with Crippen LogP contribution in [0.4, 0.5) is 13.2 Å². The molecule has 0 aliphatic heterocycles.